The smallest absolute Gasteiger partial charge is 0.276 e. The number of benzene rings is 4. The first-order valence-electron chi connectivity index (χ1n) is 12.1. The topological polar surface area (TPSA) is 88.7 Å². The van der Waals surface area contributed by atoms with Gasteiger partial charge in [0, 0.05) is 12.0 Å². The summed E-state index contributed by atoms with van der Waals surface area (Å²) in [6, 6.07) is 32.4. The molecule has 0 spiro atoms. The third-order valence-corrected chi connectivity index (χ3v) is 6.38. The van der Waals surface area contributed by atoms with Crippen molar-refractivity contribution in [1.82, 2.24) is 16.2 Å². The molecule has 4 aromatic carbocycles. The molecule has 0 saturated heterocycles. The van der Waals surface area contributed by atoms with Gasteiger partial charge in [0.15, 0.2) is 11.7 Å². The molecule has 198 valence electrons. The fourth-order valence-corrected chi connectivity index (χ4v) is 4.21. The molecular weight excluding hydrogens is 578 g/mol. The van der Waals surface area contributed by atoms with Crippen LogP contribution < -0.4 is 25.6 Å². The molecule has 0 heterocycles. The van der Waals surface area contributed by atoms with Crippen molar-refractivity contribution < 1.29 is 19.1 Å². The number of nitrogens with one attached hydrogen (secondary N) is 3. The van der Waals surface area contributed by atoms with Gasteiger partial charge in [-0.1, -0.05) is 72.8 Å². The Kier molecular flexibility index (Phi) is 10.0. The molecule has 0 saturated carbocycles. The van der Waals surface area contributed by atoms with E-state index in [1.54, 1.807) is 30.3 Å². The highest BCUT2D eigenvalue weighted by Gasteiger charge is 2.12. The fourth-order valence-electron chi connectivity index (χ4n) is 3.57. The predicted octanol–water partition coefficient (Wildman–Crippen LogP) is 5.45. The minimum Gasteiger partial charge on any atom is -0.492 e. The number of hydrogen-bond donors (Lipinski definition) is 3. The van der Waals surface area contributed by atoms with Crippen molar-refractivity contribution in [2.45, 2.75) is 6.42 Å². The summed E-state index contributed by atoms with van der Waals surface area (Å²) in [5, 5.41) is 2.47. The van der Waals surface area contributed by atoms with Gasteiger partial charge in [-0.2, -0.15) is 0 Å². The van der Waals surface area contributed by atoms with E-state index < -0.39 is 11.8 Å². The van der Waals surface area contributed by atoms with Crippen LogP contribution in [0.3, 0.4) is 0 Å². The lowest BCUT2D eigenvalue weighted by atomic mass is 10.1. The van der Waals surface area contributed by atoms with Gasteiger partial charge in [-0.3, -0.25) is 25.8 Å². The van der Waals surface area contributed by atoms with Gasteiger partial charge >= 0.3 is 0 Å². The van der Waals surface area contributed by atoms with E-state index in [-0.39, 0.29) is 11.7 Å². The van der Waals surface area contributed by atoms with E-state index in [9.17, 15) is 9.59 Å². The monoisotopic (exact) mass is 603 g/mol. The first-order chi connectivity index (χ1) is 19.0. The second kappa shape index (κ2) is 14.1. The van der Waals surface area contributed by atoms with Gasteiger partial charge in [0.25, 0.3) is 11.8 Å². The largest absolute Gasteiger partial charge is 0.492 e. The summed E-state index contributed by atoms with van der Waals surface area (Å²) in [4.78, 5) is 24.7. The third kappa shape index (κ3) is 8.66. The number of carbonyl (C=O) groups is 2. The van der Waals surface area contributed by atoms with Crippen LogP contribution in [0.5, 0.6) is 11.5 Å². The number of carbonyl (C=O) groups excluding carboxylic acids is 2. The average Bonchev–Trinajstić information content (AvgIpc) is 2.97. The molecule has 0 unspecified atom stereocenters. The minimum absolute atomic E-state index is 0.0557. The van der Waals surface area contributed by atoms with Gasteiger partial charge in [-0.05, 0) is 75.2 Å². The van der Waals surface area contributed by atoms with Crippen molar-refractivity contribution in [2.75, 3.05) is 13.2 Å². The van der Waals surface area contributed by atoms with E-state index in [1.807, 2.05) is 72.8 Å². The molecule has 0 aromatic heterocycles. The predicted molar refractivity (Wildman–Crippen MR) is 158 cm³/mol. The number of rotatable bonds is 9. The summed E-state index contributed by atoms with van der Waals surface area (Å²) in [7, 11) is 0. The van der Waals surface area contributed by atoms with Crippen molar-refractivity contribution in [2.24, 2.45) is 0 Å². The zero-order valence-electron chi connectivity index (χ0n) is 20.9. The highest BCUT2D eigenvalue weighted by Crippen LogP contribution is 2.26. The quantitative estimate of drug-likeness (QED) is 0.174. The number of ether oxygens (including phenoxy) is 2. The van der Waals surface area contributed by atoms with Crippen molar-refractivity contribution in [3.8, 4) is 22.6 Å². The van der Waals surface area contributed by atoms with Gasteiger partial charge in [0.1, 0.15) is 11.5 Å². The summed E-state index contributed by atoms with van der Waals surface area (Å²) in [6.45, 7) is 0.275. The number of hydrazine groups is 1. The molecule has 0 aliphatic carbocycles. The SMILES string of the molecule is O=C(COc1ccc(-c2ccccc2)cc1)NNC(=S)NC(=O)c1ccc(OCCc2ccccc2)c(Br)c1. The van der Waals surface area contributed by atoms with Crippen molar-refractivity contribution in [1.29, 1.82) is 0 Å². The lowest BCUT2D eigenvalue weighted by Gasteiger charge is -2.13. The molecule has 39 heavy (non-hydrogen) atoms. The zero-order chi connectivity index (χ0) is 27.5. The van der Waals surface area contributed by atoms with Gasteiger partial charge in [-0.15, -0.1) is 0 Å². The van der Waals surface area contributed by atoms with Crippen LogP contribution in [0.1, 0.15) is 15.9 Å². The molecule has 0 aliphatic rings. The number of hydrogen-bond acceptors (Lipinski definition) is 5. The average molecular weight is 605 g/mol. The lowest BCUT2D eigenvalue weighted by Crippen LogP contribution is -2.49. The molecule has 2 amide bonds. The van der Waals surface area contributed by atoms with Crippen LogP contribution in [0.4, 0.5) is 0 Å². The van der Waals surface area contributed by atoms with Crippen LogP contribution in [0.2, 0.25) is 0 Å². The summed E-state index contributed by atoms with van der Waals surface area (Å²) >= 11 is 8.56. The van der Waals surface area contributed by atoms with Gasteiger partial charge in [0.05, 0.1) is 11.1 Å². The molecule has 4 rings (SSSR count). The summed E-state index contributed by atoms with van der Waals surface area (Å²) in [5.74, 6) is 0.287. The number of halogens is 1. The van der Waals surface area contributed by atoms with Crippen LogP contribution >= 0.6 is 28.1 Å². The highest BCUT2D eigenvalue weighted by atomic mass is 79.9. The van der Waals surface area contributed by atoms with Crippen LogP contribution in [0, 0.1) is 0 Å². The summed E-state index contributed by atoms with van der Waals surface area (Å²) in [5.41, 5.74) is 8.60. The Morgan fingerprint density at radius 2 is 1.44 bits per heavy atom. The van der Waals surface area contributed by atoms with Crippen LogP contribution in [0.15, 0.2) is 108 Å². The second-order valence-corrected chi connectivity index (χ2v) is 9.63. The van der Waals surface area contributed by atoms with E-state index in [0.717, 1.165) is 17.5 Å². The van der Waals surface area contributed by atoms with Crippen LogP contribution in [0.25, 0.3) is 11.1 Å². The van der Waals surface area contributed by atoms with Gasteiger partial charge in [-0.25, -0.2) is 0 Å². The first-order valence-corrected chi connectivity index (χ1v) is 13.3. The summed E-state index contributed by atoms with van der Waals surface area (Å²) in [6.07, 6.45) is 0.771. The maximum absolute atomic E-state index is 12.6. The number of amides is 2. The van der Waals surface area contributed by atoms with E-state index in [0.29, 0.717) is 28.1 Å². The minimum atomic E-state index is -0.460. The van der Waals surface area contributed by atoms with Gasteiger partial charge in [0.2, 0.25) is 0 Å². The van der Waals surface area contributed by atoms with Crippen molar-refractivity contribution in [3.05, 3.63) is 119 Å². The summed E-state index contributed by atoms with van der Waals surface area (Å²) < 4.78 is 12.0. The maximum atomic E-state index is 12.6. The molecule has 0 bridgehead atoms. The lowest BCUT2D eigenvalue weighted by molar-refractivity contribution is -0.123. The standard InChI is InChI=1S/C30H26BrN3O4S/c31-26-19-24(13-16-27(26)37-18-17-21-7-3-1-4-8-21)29(36)32-30(39)34-33-28(35)20-38-25-14-11-23(12-15-25)22-9-5-2-6-10-22/h1-16,19H,17-18,20H2,(H,33,35)(H2,32,34,36,39). The fraction of sp³-hybridized carbons (Fsp3) is 0.100. The Labute approximate surface area is 240 Å². The van der Waals surface area contributed by atoms with Crippen LogP contribution in [-0.2, 0) is 11.2 Å². The Morgan fingerprint density at radius 1 is 0.769 bits per heavy atom. The van der Waals surface area contributed by atoms with Crippen molar-refractivity contribution >= 4 is 45.1 Å². The van der Waals surface area contributed by atoms with E-state index in [2.05, 4.69) is 32.1 Å². The Bertz CT molecular complexity index is 1420. The molecule has 9 heteroatoms. The third-order valence-electron chi connectivity index (χ3n) is 5.56. The van der Waals surface area contributed by atoms with Crippen molar-refractivity contribution in [3.63, 3.8) is 0 Å². The first kappa shape index (κ1) is 27.8. The van der Waals surface area contributed by atoms with Gasteiger partial charge < -0.3 is 9.47 Å². The molecule has 0 atom stereocenters. The Balaban J connectivity index is 1.17. The Morgan fingerprint density at radius 3 is 2.13 bits per heavy atom. The molecule has 7 nitrogen and oxygen atoms in total. The molecule has 0 aliphatic heterocycles. The molecular formula is C30H26BrN3O4S. The molecule has 3 N–H and O–H groups in total. The van der Waals surface area contributed by atoms with E-state index in [4.69, 9.17) is 21.7 Å². The molecule has 0 fully saturated rings. The number of thiocarbonyl (C=S) groups is 1. The zero-order valence-corrected chi connectivity index (χ0v) is 23.3. The highest BCUT2D eigenvalue weighted by molar-refractivity contribution is 9.10. The normalized spacial score (nSPS) is 10.3. The molecule has 0 radical (unpaired) electrons. The second-order valence-electron chi connectivity index (χ2n) is 8.36. The maximum Gasteiger partial charge on any atom is 0.276 e. The molecule has 4 aromatic rings. The van der Waals surface area contributed by atoms with Crippen LogP contribution in [-0.4, -0.2) is 30.1 Å². The van der Waals surface area contributed by atoms with E-state index in [1.165, 1.54) is 5.56 Å². The van der Waals surface area contributed by atoms with E-state index >= 15 is 0 Å². The Hall–Kier alpha value is -4.21.